The van der Waals surface area contributed by atoms with Crippen LogP contribution in [0.25, 0.3) is 0 Å². The molecule has 4 fully saturated rings. The third kappa shape index (κ3) is 5.69. The van der Waals surface area contributed by atoms with Gasteiger partial charge in [0.15, 0.2) is 6.29 Å². The summed E-state index contributed by atoms with van der Waals surface area (Å²) in [7, 11) is 3.64. The molecular formula is C38H64O8. The van der Waals surface area contributed by atoms with Gasteiger partial charge in [0.1, 0.15) is 24.4 Å². The second kappa shape index (κ2) is 12.8. The van der Waals surface area contributed by atoms with Crippen molar-refractivity contribution < 1.29 is 39.4 Å². The Labute approximate surface area is 277 Å². The van der Waals surface area contributed by atoms with Crippen LogP contribution >= 0.6 is 0 Å². The lowest BCUT2D eigenvalue weighted by Gasteiger charge is -2.67. The molecule has 0 aromatic rings. The van der Waals surface area contributed by atoms with Gasteiger partial charge in [-0.1, -0.05) is 65.3 Å². The fourth-order valence-corrected chi connectivity index (χ4v) is 11.3. The van der Waals surface area contributed by atoms with Crippen LogP contribution in [0, 0.1) is 45.3 Å². The number of hydrogen-bond donors (Lipinski definition) is 4. The number of fused-ring (bicyclic) bond motifs is 5. The number of hydrogen-bond acceptors (Lipinski definition) is 8. The van der Waals surface area contributed by atoms with Gasteiger partial charge in [0.05, 0.1) is 24.4 Å². The number of ether oxygens (including phenoxy) is 4. The van der Waals surface area contributed by atoms with Gasteiger partial charge >= 0.3 is 0 Å². The molecule has 0 aromatic heterocycles. The summed E-state index contributed by atoms with van der Waals surface area (Å²) in [4.78, 5) is 0. The van der Waals surface area contributed by atoms with Crippen LogP contribution in [0.1, 0.15) is 100 Å². The molecule has 5 rings (SSSR count). The maximum absolute atomic E-state index is 10.7. The average molecular weight is 649 g/mol. The number of aliphatic hydroxyl groups is 4. The fourth-order valence-electron chi connectivity index (χ4n) is 11.3. The summed E-state index contributed by atoms with van der Waals surface area (Å²) in [5.41, 5.74) is 1.19. The number of methoxy groups -OCH3 is 2. The normalized spacial score (nSPS) is 48.0. The molecule has 0 bridgehead atoms. The van der Waals surface area contributed by atoms with Crippen molar-refractivity contribution in [1.29, 1.82) is 0 Å². The van der Waals surface area contributed by atoms with Gasteiger partial charge in [-0.25, -0.2) is 0 Å². The molecule has 0 radical (unpaired) electrons. The van der Waals surface area contributed by atoms with Crippen LogP contribution in [0.2, 0.25) is 0 Å². The molecule has 4 N–H and O–H groups in total. The molecule has 0 aromatic carbocycles. The van der Waals surface area contributed by atoms with Crippen molar-refractivity contribution in [2.75, 3.05) is 20.8 Å². The Hall–Kier alpha value is -0.840. The van der Waals surface area contributed by atoms with Gasteiger partial charge in [0, 0.05) is 25.6 Å². The third-order valence-corrected chi connectivity index (χ3v) is 14.4. The highest BCUT2D eigenvalue weighted by Crippen LogP contribution is 2.75. The molecule has 14 atom stereocenters. The molecule has 5 aliphatic rings. The highest BCUT2D eigenvalue weighted by molar-refractivity contribution is 5.33. The third-order valence-electron chi connectivity index (χ3n) is 14.4. The number of rotatable bonds is 9. The standard InChI is InChI=1S/C38H64O8/c1-22(12-11-16-34(2,3)44-10)23-15-17-38(8)32-26(43-9)20-25-24(36(32,6)18-19-37(23,38)7)13-14-28(35(25,4)5)46-33-31(42)30(41)29(40)27(21-39)45-33/h11,16,20,22-24,26-33,39-42H,12-15,17-19,21H2,1-10H3. The molecule has 4 aliphatic carbocycles. The van der Waals surface area contributed by atoms with Crippen molar-refractivity contribution in [3.05, 3.63) is 23.8 Å². The van der Waals surface area contributed by atoms with E-state index in [1.165, 1.54) is 24.8 Å². The molecule has 1 heterocycles. The molecule has 0 amide bonds. The van der Waals surface area contributed by atoms with Gasteiger partial charge in [-0.3, -0.25) is 0 Å². The second-order valence-corrected chi connectivity index (χ2v) is 17.4. The van der Waals surface area contributed by atoms with E-state index in [9.17, 15) is 20.4 Å². The van der Waals surface area contributed by atoms with E-state index in [0.717, 1.165) is 25.7 Å². The van der Waals surface area contributed by atoms with Crippen molar-refractivity contribution in [2.24, 2.45) is 45.3 Å². The van der Waals surface area contributed by atoms with E-state index in [4.69, 9.17) is 18.9 Å². The first-order valence-corrected chi connectivity index (χ1v) is 17.9. The van der Waals surface area contributed by atoms with Gasteiger partial charge in [0.2, 0.25) is 0 Å². The Kier molecular flexibility index (Phi) is 10.1. The largest absolute Gasteiger partial charge is 0.394 e. The molecule has 46 heavy (non-hydrogen) atoms. The lowest BCUT2D eigenvalue weighted by Crippen LogP contribution is -2.64. The number of aliphatic hydroxyl groups excluding tert-OH is 4. The van der Waals surface area contributed by atoms with Gasteiger partial charge in [0.25, 0.3) is 0 Å². The van der Waals surface area contributed by atoms with E-state index in [-0.39, 0.29) is 39.5 Å². The summed E-state index contributed by atoms with van der Waals surface area (Å²) < 4.78 is 24.3. The highest BCUT2D eigenvalue weighted by Gasteiger charge is 2.69. The van der Waals surface area contributed by atoms with Crippen LogP contribution in [-0.2, 0) is 18.9 Å². The van der Waals surface area contributed by atoms with Crippen molar-refractivity contribution in [2.45, 2.75) is 149 Å². The van der Waals surface area contributed by atoms with Crippen LogP contribution < -0.4 is 0 Å². The van der Waals surface area contributed by atoms with E-state index in [1.54, 1.807) is 7.11 Å². The van der Waals surface area contributed by atoms with E-state index >= 15 is 0 Å². The molecule has 3 saturated carbocycles. The maximum Gasteiger partial charge on any atom is 0.187 e. The highest BCUT2D eigenvalue weighted by atomic mass is 16.7. The molecular weight excluding hydrogens is 584 g/mol. The quantitative estimate of drug-likeness (QED) is 0.245. The smallest absolute Gasteiger partial charge is 0.187 e. The van der Waals surface area contributed by atoms with Crippen molar-refractivity contribution in [3.63, 3.8) is 0 Å². The van der Waals surface area contributed by atoms with Gasteiger partial charge in [-0.2, -0.15) is 0 Å². The van der Waals surface area contributed by atoms with Crippen LogP contribution in [0.3, 0.4) is 0 Å². The number of allylic oxidation sites excluding steroid dienone is 1. The molecule has 8 nitrogen and oxygen atoms in total. The summed E-state index contributed by atoms with van der Waals surface area (Å²) >= 11 is 0. The van der Waals surface area contributed by atoms with Crippen molar-refractivity contribution in [3.8, 4) is 0 Å². The summed E-state index contributed by atoms with van der Waals surface area (Å²) in [6, 6.07) is 0. The van der Waals surface area contributed by atoms with Crippen LogP contribution in [-0.4, -0.2) is 89.8 Å². The molecule has 1 aliphatic heterocycles. The van der Waals surface area contributed by atoms with E-state index in [1.807, 2.05) is 7.11 Å². The first kappa shape index (κ1) is 36.4. The Balaban J connectivity index is 1.41. The van der Waals surface area contributed by atoms with Crippen molar-refractivity contribution >= 4 is 0 Å². The van der Waals surface area contributed by atoms with E-state index in [2.05, 4.69) is 73.6 Å². The Bertz CT molecular complexity index is 1150. The summed E-state index contributed by atoms with van der Waals surface area (Å²) in [6.07, 6.45) is 7.96. The Morgan fingerprint density at radius 3 is 2.28 bits per heavy atom. The minimum absolute atomic E-state index is 0.0115. The summed E-state index contributed by atoms with van der Waals surface area (Å²) in [5, 5.41) is 41.1. The molecule has 264 valence electrons. The molecule has 8 heteroatoms. The SMILES string of the molecule is COC1C=C2C(CCC(OC3OC(CO)C(O)C(O)C3O)C2(C)C)C2(C)CCC3(C)C(C(C)CC=CC(C)(C)OC)CCC3(C)C12. The van der Waals surface area contributed by atoms with Gasteiger partial charge in [-0.15, -0.1) is 0 Å². The molecule has 1 saturated heterocycles. The first-order valence-electron chi connectivity index (χ1n) is 17.9. The zero-order chi connectivity index (χ0) is 34.0. The Morgan fingerprint density at radius 1 is 0.957 bits per heavy atom. The maximum atomic E-state index is 10.7. The lowest BCUT2D eigenvalue weighted by molar-refractivity contribution is -0.320. The predicted molar refractivity (Wildman–Crippen MR) is 178 cm³/mol. The van der Waals surface area contributed by atoms with E-state index in [0.29, 0.717) is 23.7 Å². The van der Waals surface area contributed by atoms with E-state index < -0.39 is 37.3 Å². The average Bonchev–Trinajstić information content (AvgIpc) is 3.28. The summed E-state index contributed by atoms with van der Waals surface area (Å²) in [6.45, 7) is 18.3. The first-order chi connectivity index (χ1) is 21.4. The van der Waals surface area contributed by atoms with Crippen LogP contribution in [0.5, 0.6) is 0 Å². The second-order valence-electron chi connectivity index (χ2n) is 17.4. The Morgan fingerprint density at radius 2 is 1.65 bits per heavy atom. The lowest BCUT2D eigenvalue weighted by atomic mass is 9.38. The topological polar surface area (TPSA) is 118 Å². The molecule has 0 spiro atoms. The zero-order valence-electron chi connectivity index (χ0n) is 30.2. The van der Waals surface area contributed by atoms with Crippen molar-refractivity contribution in [1.82, 2.24) is 0 Å². The van der Waals surface area contributed by atoms with Crippen LogP contribution in [0.4, 0.5) is 0 Å². The van der Waals surface area contributed by atoms with Gasteiger partial charge < -0.3 is 39.4 Å². The van der Waals surface area contributed by atoms with Gasteiger partial charge in [-0.05, 0) is 92.8 Å². The minimum Gasteiger partial charge on any atom is -0.394 e. The summed E-state index contributed by atoms with van der Waals surface area (Å²) in [5.74, 6) is 2.03. The minimum atomic E-state index is -1.45. The zero-order valence-corrected chi connectivity index (χ0v) is 30.2. The predicted octanol–water partition coefficient (Wildman–Crippen LogP) is 5.41. The van der Waals surface area contributed by atoms with Crippen LogP contribution in [0.15, 0.2) is 23.8 Å². The monoisotopic (exact) mass is 648 g/mol. The molecule has 14 unspecified atom stereocenters. The fraction of sp³-hybridized carbons (Fsp3) is 0.895.